The van der Waals surface area contributed by atoms with Gasteiger partial charge < -0.3 is 4.90 Å². The van der Waals surface area contributed by atoms with Gasteiger partial charge in [0.25, 0.3) is 0 Å². The second-order valence-electron chi connectivity index (χ2n) is 6.42. The molecule has 1 aromatic rings. The van der Waals surface area contributed by atoms with Gasteiger partial charge in [-0.15, -0.1) is 0 Å². The number of fused-ring (bicyclic) bond motifs is 5. The molecule has 0 radical (unpaired) electrons. The molecule has 4 atom stereocenters. The Hall–Kier alpha value is -2.10. The van der Waals surface area contributed by atoms with Gasteiger partial charge in [-0.1, -0.05) is 12.2 Å². The summed E-state index contributed by atoms with van der Waals surface area (Å²) in [5, 5.41) is 0. The number of hydrogen-bond donors (Lipinski definition) is 0. The van der Waals surface area contributed by atoms with Crippen LogP contribution in [-0.4, -0.2) is 25.9 Å². The van der Waals surface area contributed by atoms with E-state index in [1.807, 2.05) is 43.3 Å². The van der Waals surface area contributed by atoms with E-state index < -0.39 is 0 Å². The average molecular weight is 282 g/mol. The van der Waals surface area contributed by atoms with Crippen LogP contribution in [0.2, 0.25) is 0 Å². The number of carbonyl (C=O) groups excluding carboxylic acids is 2. The van der Waals surface area contributed by atoms with Crippen LogP contribution < -0.4 is 9.80 Å². The summed E-state index contributed by atoms with van der Waals surface area (Å²) in [7, 11) is 3.93. The van der Waals surface area contributed by atoms with Gasteiger partial charge in [0.1, 0.15) is 0 Å². The number of rotatable bonds is 2. The summed E-state index contributed by atoms with van der Waals surface area (Å²) in [5.74, 6) is 0.256. The first-order chi connectivity index (χ1) is 10.1. The van der Waals surface area contributed by atoms with Crippen LogP contribution >= 0.6 is 0 Å². The first-order valence-electron chi connectivity index (χ1n) is 7.41. The number of benzene rings is 1. The Labute approximate surface area is 124 Å². The van der Waals surface area contributed by atoms with E-state index in [0.717, 1.165) is 12.1 Å². The van der Waals surface area contributed by atoms with E-state index in [1.54, 1.807) is 0 Å². The molecule has 1 saturated heterocycles. The Morgan fingerprint density at radius 3 is 1.95 bits per heavy atom. The van der Waals surface area contributed by atoms with Crippen molar-refractivity contribution in [2.45, 2.75) is 6.42 Å². The van der Waals surface area contributed by atoms with E-state index >= 15 is 0 Å². The summed E-state index contributed by atoms with van der Waals surface area (Å²) >= 11 is 0. The smallest absolute Gasteiger partial charge is 0.238 e. The molecule has 4 nitrogen and oxygen atoms in total. The van der Waals surface area contributed by atoms with Crippen LogP contribution in [0.5, 0.6) is 0 Å². The molecular weight excluding hydrogens is 264 g/mol. The monoisotopic (exact) mass is 282 g/mol. The van der Waals surface area contributed by atoms with Crippen molar-refractivity contribution in [2.75, 3.05) is 23.9 Å². The van der Waals surface area contributed by atoms with Crippen LogP contribution in [0.1, 0.15) is 6.42 Å². The molecule has 3 aliphatic rings. The molecule has 2 bridgehead atoms. The molecule has 2 fully saturated rings. The van der Waals surface area contributed by atoms with E-state index in [2.05, 4.69) is 12.2 Å². The molecule has 108 valence electrons. The molecule has 2 amide bonds. The maximum Gasteiger partial charge on any atom is 0.238 e. The molecule has 1 aromatic carbocycles. The Morgan fingerprint density at radius 2 is 1.48 bits per heavy atom. The zero-order valence-electron chi connectivity index (χ0n) is 12.2. The number of anilines is 2. The van der Waals surface area contributed by atoms with Crippen LogP contribution in [0.4, 0.5) is 11.4 Å². The van der Waals surface area contributed by atoms with Gasteiger partial charge in [-0.3, -0.25) is 14.5 Å². The van der Waals surface area contributed by atoms with Gasteiger partial charge in [-0.25, -0.2) is 0 Å². The van der Waals surface area contributed by atoms with E-state index in [0.29, 0.717) is 5.69 Å². The average Bonchev–Trinajstić information content (AvgIpc) is 3.13. The Balaban J connectivity index is 1.68. The van der Waals surface area contributed by atoms with Crippen LogP contribution in [0.3, 0.4) is 0 Å². The fourth-order valence-electron chi connectivity index (χ4n) is 4.06. The summed E-state index contributed by atoms with van der Waals surface area (Å²) in [6.45, 7) is 0. The molecule has 4 rings (SSSR count). The van der Waals surface area contributed by atoms with Gasteiger partial charge in [0.05, 0.1) is 17.5 Å². The molecule has 4 heteroatoms. The van der Waals surface area contributed by atoms with Gasteiger partial charge in [-0.05, 0) is 42.5 Å². The van der Waals surface area contributed by atoms with Crippen LogP contribution in [0, 0.1) is 23.7 Å². The number of amides is 2. The summed E-state index contributed by atoms with van der Waals surface area (Å²) in [4.78, 5) is 28.7. The van der Waals surface area contributed by atoms with Crippen molar-refractivity contribution in [1.29, 1.82) is 0 Å². The summed E-state index contributed by atoms with van der Waals surface area (Å²) in [6.07, 6.45) is 5.21. The summed E-state index contributed by atoms with van der Waals surface area (Å²) in [5.41, 5.74) is 1.75. The topological polar surface area (TPSA) is 40.6 Å². The standard InChI is InChI=1S/C17H18N2O2/c1-18(2)12-5-7-13(8-6-12)19-16(20)14-10-3-4-11(9-10)15(14)17(19)21/h3-8,10-11,14-15H,9H2,1-2H3. The minimum atomic E-state index is -0.124. The minimum absolute atomic E-state index is 0.0144. The summed E-state index contributed by atoms with van der Waals surface area (Å²) in [6, 6.07) is 7.61. The summed E-state index contributed by atoms with van der Waals surface area (Å²) < 4.78 is 0. The third kappa shape index (κ3) is 1.62. The molecule has 1 aliphatic heterocycles. The van der Waals surface area contributed by atoms with Gasteiger partial charge in [0.15, 0.2) is 0 Å². The van der Waals surface area contributed by atoms with E-state index in [9.17, 15) is 9.59 Å². The first-order valence-corrected chi connectivity index (χ1v) is 7.41. The molecule has 2 aliphatic carbocycles. The first kappa shape index (κ1) is 12.6. The zero-order chi connectivity index (χ0) is 14.7. The van der Waals surface area contributed by atoms with E-state index in [1.165, 1.54) is 4.90 Å². The fraction of sp³-hybridized carbons (Fsp3) is 0.412. The normalized spacial score (nSPS) is 33.0. The lowest BCUT2D eigenvalue weighted by Crippen LogP contribution is -2.32. The highest BCUT2D eigenvalue weighted by molar-refractivity contribution is 6.22. The number of carbonyl (C=O) groups is 2. The second kappa shape index (κ2) is 4.20. The molecule has 0 aromatic heterocycles. The largest absolute Gasteiger partial charge is 0.378 e. The van der Waals surface area contributed by atoms with E-state index in [-0.39, 0.29) is 35.5 Å². The van der Waals surface area contributed by atoms with E-state index in [4.69, 9.17) is 0 Å². The van der Waals surface area contributed by atoms with Gasteiger partial charge in [0, 0.05) is 19.8 Å². The van der Waals surface area contributed by atoms with Gasteiger partial charge in [-0.2, -0.15) is 0 Å². The Bertz CT molecular complexity index is 617. The lowest BCUT2D eigenvalue weighted by molar-refractivity contribution is -0.123. The number of hydrogen-bond acceptors (Lipinski definition) is 3. The second-order valence-corrected chi connectivity index (χ2v) is 6.42. The molecule has 1 heterocycles. The molecule has 0 N–H and O–H groups in total. The van der Waals surface area contributed by atoms with Crippen molar-refractivity contribution in [2.24, 2.45) is 23.7 Å². The molecule has 1 saturated carbocycles. The lowest BCUT2D eigenvalue weighted by atomic mass is 9.85. The molecule has 0 spiro atoms. The van der Waals surface area contributed by atoms with Crippen molar-refractivity contribution < 1.29 is 9.59 Å². The number of allylic oxidation sites excluding steroid dienone is 2. The Kier molecular flexibility index (Phi) is 2.52. The molecule has 4 unspecified atom stereocenters. The maximum atomic E-state index is 12.7. The third-order valence-corrected chi connectivity index (χ3v) is 5.09. The van der Waals surface area contributed by atoms with Crippen LogP contribution in [-0.2, 0) is 9.59 Å². The molecular formula is C17H18N2O2. The number of nitrogens with zero attached hydrogens (tertiary/aromatic N) is 2. The fourth-order valence-corrected chi connectivity index (χ4v) is 4.06. The van der Waals surface area contributed by atoms with Gasteiger partial charge >= 0.3 is 0 Å². The van der Waals surface area contributed by atoms with Crippen molar-refractivity contribution in [3.63, 3.8) is 0 Å². The van der Waals surface area contributed by atoms with Gasteiger partial charge in [0.2, 0.25) is 11.8 Å². The van der Waals surface area contributed by atoms with Crippen LogP contribution in [0.25, 0.3) is 0 Å². The van der Waals surface area contributed by atoms with Crippen molar-refractivity contribution >= 4 is 23.2 Å². The van der Waals surface area contributed by atoms with Crippen molar-refractivity contribution in [1.82, 2.24) is 0 Å². The minimum Gasteiger partial charge on any atom is -0.378 e. The zero-order valence-corrected chi connectivity index (χ0v) is 12.2. The predicted molar refractivity (Wildman–Crippen MR) is 81.0 cm³/mol. The number of imide groups is 1. The highest BCUT2D eigenvalue weighted by atomic mass is 16.2. The van der Waals surface area contributed by atoms with Crippen molar-refractivity contribution in [3.8, 4) is 0 Å². The lowest BCUT2D eigenvalue weighted by Gasteiger charge is -2.19. The predicted octanol–water partition coefficient (Wildman–Crippen LogP) is 2.06. The Morgan fingerprint density at radius 1 is 0.952 bits per heavy atom. The highest BCUT2D eigenvalue weighted by Gasteiger charge is 2.59. The quantitative estimate of drug-likeness (QED) is 0.616. The maximum absolute atomic E-state index is 12.7. The van der Waals surface area contributed by atoms with Crippen molar-refractivity contribution in [3.05, 3.63) is 36.4 Å². The highest BCUT2D eigenvalue weighted by Crippen LogP contribution is 2.53. The third-order valence-electron chi connectivity index (χ3n) is 5.09. The SMILES string of the molecule is CN(C)c1ccc(N2C(=O)C3C4C=CC(C4)C3C2=O)cc1. The van der Waals surface area contributed by atoms with Crippen LogP contribution in [0.15, 0.2) is 36.4 Å². The molecule has 21 heavy (non-hydrogen) atoms.